The van der Waals surface area contributed by atoms with Crippen molar-refractivity contribution in [1.82, 2.24) is 0 Å². The molecule has 4 nitrogen and oxygen atoms in total. The third kappa shape index (κ3) is 2.93. The summed E-state index contributed by atoms with van der Waals surface area (Å²) in [5.41, 5.74) is 2.38. The lowest BCUT2D eigenvalue weighted by Crippen LogP contribution is -2.73. The van der Waals surface area contributed by atoms with Crippen LogP contribution in [-0.4, -0.2) is 24.3 Å². The van der Waals surface area contributed by atoms with Gasteiger partial charge in [0.15, 0.2) is 0 Å². The first kappa shape index (κ1) is 25.4. The monoisotopic (exact) mass is 498 g/mol. The molecular formula is C32H50O4. The number of esters is 1. The molecule has 202 valence electrons. The number of rotatable bonds is 1. The van der Waals surface area contributed by atoms with Gasteiger partial charge in [-0.25, -0.2) is 9.78 Å². The number of hydrogen-bond acceptors (Lipinski definition) is 4. The maximum Gasteiger partial charge on any atom is 0.302 e. The number of allylic oxidation sites excluding steroid dienone is 1. The molecule has 0 aromatic rings. The molecule has 4 saturated carbocycles. The van der Waals surface area contributed by atoms with E-state index >= 15 is 0 Å². The Labute approximate surface area is 219 Å². The zero-order chi connectivity index (χ0) is 26.1. The fourth-order valence-corrected chi connectivity index (χ4v) is 11.6. The standard InChI is InChI=1S/C32H50O4/c1-18-10-12-29(6)14-15-30(7)21(26(29)19(18)2)16-22-27-31(30,8)13-11-23-28(4,5)24(34-20(3)33)17-25(36-35-22)32(23,27)9/h16,18-19,22-27H,10-15,17H2,1-9H3/t18-,19+,22+,23+,24+,25-,26+,27+,29-,30-,31-,32-/m1/s1. The van der Waals surface area contributed by atoms with Crippen molar-refractivity contribution in [2.75, 3.05) is 0 Å². The highest BCUT2D eigenvalue weighted by molar-refractivity contribution is 5.66. The van der Waals surface area contributed by atoms with E-state index in [9.17, 15) is 4.79 Å². The Balaban J connectivity index is 1.47. The molecule has 1 saturated heterocycles. The van der Waals surface area contributed by atoms with Crippen LogP contribution in [-0.2, 0) is 19.3 Å². The van der Waals surface area contributed by atoms with E-state index in [-0.39, 0.29) is 45.9 Å². The SMILES string of the molecule is CC(=O)O[C@H]1C[C@H]2OO[C@H]3C=C4[C@@H]5[C@@H](C)[C@H](C)CC[C@]5(C)CC[C@@]4(C)[C@]4(C)CC[C@@H](C1(C)C)[C@@]2(C)[C@@H]34. The van der Waals surface area contributed by atoms with Crippen molar-refractivity contribution in [1.29, 1.82) is 0 Å². The van der Waals surface area contributed by atoms with E-state index in [4.69, 9.17) is 14.5 Å². The smallest absolute Gasteiger partial charge is 0.302 e. The van der Waals surface area contributed by atoms with Crippen LogP contribution in [0, 0.1) is 56.7 Å². The average molecular weight is 499 g/mol. The highest BCUT2D eigenvalue weighted by Crippen LogP contribution is 2.77. The second kappa shape index (κ2) is 7.62. The summed E-state index contributed by atoms with van der Waals surface area (Å²) in [7, 11) is 0. The first-order valence-electron chi connectivity index (χ1n) is 14.9. The Morgan fingerprint density at radius 2 is 1.69 bits per heavy atom. The van der Waals surface area contributed by atoms with Crippen LogP contribution in [0.1, 0.15) is 107 Å². The molecule has 6 rings (SSSR count). The topological polar surface area (TPSA) is 44.8 Å². The van der Waals surface area contributed by atoms with Crippen molar-refractivity contribution in [3.63, 3.8) is 0 Å². The maximum absolute atomic E-state index is 12.0. The molecular weight excluding hydrogens is 448 g/mol. The van der Waals surface area contributed by atoms with E-state index in [0.717, 1.165) is 18.8 Å². The molecule has 5 aliphatic carbocycles. The van der Waals surface area contributed by atoms with Gasteiger partial charge in [-0.1, -0.05) is 67.0 Å². The Bertz CT molecular complexity index is 985. The van der Waals surface area contributed by atoms with Gasteiger partial charge in [0.05, 0.1) is 0 Å². The van der Waals surface area contributed by atoms with Crippen LogP contribution in [0.25, 0.3) is 0 Å². The van der Waals surface area contributed by atoms with Crippen molar-refractivity contribution < 1.29 is 19.3 Å². The predicted molar refractivity (Wildman–Crippen MR) is 141 cm³/mol. The molecule has 4 heteroatoms. The van der Waals surface area contributed by atoms with E-state index < -0.39 is 0 Å². The average Bonchev–Trinajstić information content (AvgIpc) is 2.78. The molecule has 0 aromatic carbocycles. The highest BCUT2D eigenvalue weighted by atomic mass is 17.2. The van der Waals surface area contributed by atoms with E-state index in [1.807, 2.05) is 0 Å². The number of hydrogen-bond donors (Lipinski definition) is 0. The van der Waals surface area contributed by atoms with Gasteiger partial charge in [-0.05, 0) is 78.4 Å². The molecule has 1 aliphatic heterocycles. The van der Waals surface area contributed by atoms with Gasteiger partial charge in [0, 0.05) is 30.1 Å². The van der Waals surface area contributed by atoms with Crippen LogP contribution in [0.5, 0.6) is 0 Å². The summed E-state index contributed by atoms with van der Waals surface area (Å²) in [4.78, 5) is 24.8. The number of fused-ring (bicyclic) bond motifs is 4. The molecule has 0 radical (unpaired) electrons. The lowest BCUT2D eigenvalue weighted by Gasteiger charge is -2.74. The van der Waals surface area contributed by atoms with Gasteiger partial charge in [0.2, 0.25) is 0 Å². The Kier molecular flexibility index (Phi) is 5.38. The summed E-state index contributed by atoms with van der Waals surface area (Å²) in [6.45, 7) is 21.6. The van der Waals surface area contributed by atoms with Crippen molar-refractivity contribution in [3.8, 4) is 0 Å². The quantitative estimate of drug-likeness (QED) is 0.213. The molecule has 0 spiro atoms. The Morgan fingerprint density at radius 3 is 2.39 bits per heavy atom. The van der Waals surface area contributed by atoms with Gasteiger partial charge in [-0.2, -0.15) is 0 Å². The third-order valence-corrected chi connectivity index (χ3v) is 13.9. The molecule has 1 heterocycles. The van der Waals surface area contributed by atoms with E-state index in [1.165, 1.54) is 39.0 Å². The number of carbonyl (C=O) groups is 1. The lowest BCUT2D eigenvalue weighted by molar-refractivity contribution is -0.452. The van der Waals surface area contributed by atoms with Crippen LogP contribution in [0.2, 0.25) is 0 Å². The van der Waals surface area contributed by atoms with Crippen molar-refractivity contribution in [3.05, 3.63) is 11.6 Å². The van der Waals surface area contributed by atoms with Crippen LogP contribution < -0.4 is 0 Å². The summed E-state index contributed by atoms with van der Waals surface area (Å²) in [6.07, 6.45) is 10.9. The van der Waals surface area contributed by atoms with Crippen LogP contribution in [0.15, 0.2) is 11.6 Å². The first-order chi connectivity index (χ1) is 16.7. The number of ether oxygens (including phenoxy) is 1. The van der Waals surface area contributed by atoms with Crippen molar-refractivity contribution in [2.45, 2.75) is 126 Å². The Morgan fingerprint density at radius 1 is 0.972 bits per heavy atom. The summed E-state index contributed by atoms with van der Waals surface area (Å²) < 4.78 is 5.92. The maximum atomic E-state index is 12.0. The van der Waals surface area contributed by atoms with Gasteiger partial charge in [0.1, 0.15) is 18.3 Å². The molecule has 0 amide bonds. The van der Waals surface area contributed by atoms with Gasteiger partial charge in [0.25, 0.3) is 0 Å². The summed E-state index contributed by atoms with van der Waals surface area (Å²) in [5.74, 6) is 2.77. The third-order valence-electron chi connectivity index (χ3n) is 13.9. The van der Waals surface area contributed by atoms with Gasteiger partial charge in [-0.15, -0.1) is 0 Å². The summed E-state index contributed by atoms with van der Waals surface area (Å²) in [6, 6.07) is 0. The molecule has 6 aliphatic rings. The molecule has 0 aromatic heterocycles. The minimum atomic E-state index is -0.189. The van der Waals surface area contributed by atoms with Crippen molar-refractivity contribution in [2.24, 2.45) is 56.7 Å². The zero-order valence-electron chi connectivity index (χ0n) is 24.3. The minimum Gasteiger partial charge on any atom is -0.462 e. The van der Waals surface area contributed by atoms with Crippen LogP contribution in [0.4, 0.5) is 0 Å². The van der Waals surface area contributed by atoms with E-state index in [2.05, 4.69) is 61.5 Å². The fourth-order valence-electron chi connectivity index (χ4n) is 11.6. The summed E-state index contributed by atoms with van der Waals surface area (Å²) in [5, 5.41) is 0. The predicted octanol–water partition coefficient (Wildman–Crippen LogP) is 7.51. The molecule has 5 fully saturated rings. The fraction of sp³-hybridized carbons (Fsp3) is 0.906. The summed E-state index contributed by atoms with van der Waals surface area (Å²) >= 11 is 0. The van der Waals surface area contributed by atoms with Gasteiger partial charge >= 0.3 is 5.97 Å². The second-order valence-electron chi connectivity index (χ2n) is 15.6. The van der Waals surface area contributed by atoms with Gasteiger partial charge in [-0.3, -0.25) is 4.79 Å². The zero-order valence-corrected chi connectivity index (χ0v) is 24.3. The molecule has 36 heavy (non-hydrogen) atoms. The van der Waals surface area contributed by atoms with Gasteiger partial charge < -0.3 is 4.74 Å². The van der Waals surface area contributed by atoms with Crippen molar-refractivity contribution >= 4 is 5.97 Å². The minimum absolute atomic E-state index is 0.00662. The molecule has 0 N–H and O–H groups in total. The normalized spacial score (nSPS) is 57.0. The second-order valence-corrected chi connectivity index (χ2v) is 15.6. The molecule has 12 atom stereocenters. The lowest BCUT2D eigenvalue weighted by atomic mass is 9.32. The molecule has 0 unspecified atom stereocenters. The van der Waals surface area contributed by atoms with Crippen LogP contribution in [0.3, 0.4) is 0 Å². The van der Waals surface area contributed by atoms with E-state index in [1.54, 1.807) is 5.57 Å². The van der Waals surface area contributed by atoms with E-state index in [0.29, 0.717) is 29.1 Å². The number of carbonyl (C=O) groups excluding carboxylic acids is 1. The van der Waals surface area contributed by atoms with Crippen LogP contribution >= 0.6 is 0 Å². The largest absolute Gasteiger partial charge is 0.462 e. The first-order valence-corrected chi connectivity index (χ1v) is 14.9. The Hall–Kier alpha value is -0.870. The highest BCUT2D eigenvalue weighted by Gasteiger charge is 2.74. The molecule has 0 bridgehead atoms.